The maximum Gasteiger partial charge on any atom is 0.254 e. The number of aryl methyl sites for hydroxylation is 1. The maximum atomic E-state index is 12.2. The number of hydrogen-bond donors (Lipinski definition) is 2. The van der Waals surface area contributed by atoms with Crippen molar-refractivity contribution in [1.82, 2.24) is 9.29 Å². The van der Waals surface area contributed by atoms with Crippen LogP contribution in [-0.4, -0.2) is 43.0 Å². The molecule has 0 spiro atoms. The molecule has 0 aliphatic rings. The molecule has 8 heteroatoms. The molecule has 0 aromatic carbocycles. The van der Waals surface area contributed by atoms with Crippen LogP contribution in [0.5, 0.6) is 0 Å². The fraction of sp³-hybridized carbons (Fsp3) is 0.700. The molecule has 0 aliphatic carbocycles. The van der Waals surface area contributed by atoms with E-state index in [1.165, 1.54) is 4.31 Å². The van der Waals surface area contributed by atoms with Crippen LogP contribution in [0.15, 0.2) is 4.21 Å². The summed E-state index contributed by atoms with van der Waals surface area (Å²) in [7, 11) is -1.94. The molecule has 1 rings (SSSR count). The minimum atomic E-state index is -3.49. The molecule has 1 heterocycles. The lowest BCUT2D eigenvalue weighted by molar-refractivity contribution is 0.281. The SMILES string of the molecule is Cc1nc(N)sc1S(=O)(=O)N(C)CCCCCO. The van der Waals surface area contributed by atoms with E-state index in [1.54, 1.807) is 14.0 Å². The molecule has 6 nitrogen and oxygen atoms in total. The third-order valence-corrected chi connectivity index (χ3v) is 5.98. The van der Waals surface area contributed by atoms with Gasteiger partial charge in [-0.2, -0.15) is 0 Å². The number of anilines is 1. The predicted octanol–water partition coefficient (Wildman–Crippen LogP) is 0.817. The van der Waals surface area contributed by atoms with E-state index in [2.05, 4.69) is 4.98 Å². The Kier molecular flexibility index (Phi) is 5.51. The van der Waals surface area contributed by atoms with Gasteiger partial charge < -0.3 is 10.8 Å². The number of unbranched alkanes of at least 4 members (excludes halogenated alkanes) is 2. The Morgan fingerprint density at radius 1 is 1.39 bits per heavy atom. The number of nitrogens with zero attached hydrogens (tertiary/aromatic N) is 2. The van der Waals surface area contributed by atoms with Gasteiger partial charge in [0.1, 0.15) is 0 Å². The zero-order valence-electron chi connectivity index (χ0n) is 10.6. The number of thiazole rings is 1. The van der Waals surface area contributed by atoms with E-state index in [-0.39, 0.29) is 15.9 Å². The van der Waals surface area contributed by atoms with Crippen molar-refractivity contribution in [3.8, 4) is 0 Å². The summed E-state index contributed by atoms with van der Waals surface area (Å²) in [5.41, 5.74) is 5.96. The third kappa shape index (κ3) is 3.64. The molecule has 0 atom stereocenters. The van der Waals surface area contributed by atoms with Crippen LogP contribution in [0.25, 0.3) is 0 Å². The molecular weight excluding hydrogens is 274 g/mol. The molecule has 0 radical (unpaired) electrons. The van der Waals surface area contributed by atoms with Gasteiger partial charge in [-0.25, -0.2) is 17.7 Å². The van der Waals surface area contributed by atoms with Crippen LogP contribution in [0, 0.1) is 6.92 Å². The Morgan fingerprint density at radius 2 is 2.06 bits per heavy atom. The fourth-order valence-corrected chi connectivity index (χ4v) is 4.22. The standard InChI is InChI=1S/C10H19N3O3S2/c1-8-9(17-10(11)12-8)18(15,16)13(2)6-4-3-5-7-14/h14H,3-7H2,1-2H3,(H2,11,12). The van der Waals surface area contributed by atoms with Crippen molar-refractivity contribution in [2.45, 2.75) is 30.4 Å². The van der Waals surface area contributed by atoms with Crippen molar-refractivity contribution in [2.24, 2.45) is 0 Å². The van der Waals surface area contributed by atoms with Gasteiger partial charge in [-0.1, -0.05) is 11.3 Å². The lowest BCUT2D eigenvalue weighted by atomic mass is 10.2. The molecule has 0 saturated heterocycles. The van der Waals surface area contributed by atoms with Gasteiger partial charge >= 0.3 is 0 Å². The summed E-state index contributed by atoms with van der Waals surface area (Å²) in [5.74, 6) is 0. The fourth-order valence-electron chi connectivity index (χ4n) is 1.53. The van der Waals surface area contributed by atoms with Crippen LogP contribution >= 0.6 is 11.3 Å². The van der Waals surface area contributed by atoms with E-state index < -0.39 is 10.0 Å². The van der Waals surface area contributed by atoms with Gasteiger partial charge in [0.05, 0.1) is 5.69 Å². The molecule has 0 unspecified atom stereocenters. The van der Waals surface area contributed by atoms with Gasteiger partial charge in [-0.05, 0) is 26.2 Å². The number of nitrogen functional groups attached to an aromatic ring is 1. The van der Waals surface area contributed by atoms with Gasteiger partial charge in [-0.3, -0.25) is 0 Å². The molecule has 1 aromatic rings. The monoisotopic (exact) mass is 293 g/mol. The second kappa shape index (κ2) is 6.46. The van der Waals surface area contributed by atoms with Crippen LogP contribution < -0.4 is 5.73 Å². The van der Waals surface area contributed by atoms with E-state index in [0.717, 1.165) is 24.2 Å². The highest BCUT2D eigenvalue weighted by Gasteiger charge is 2.25. The van der Waals surface area contributed by atoms with E-state index in [4.69, 9.17) is 10.8 Å². The summed E-state index contributed by atoms with van der Waals surface area (Å²) in [6, 6.07) is 0. The van der Waals surface area contributed by atoms with Crippen LogP contribution in [0.3, 0.4) is 0 Å². The predicted molar refractivity (Wildman–Crippen MR) is 72.0 cm³/mol. The van der Waals surface area contributed by atoms with Crippen LogP contribution in [0.4, 0.5) is 5.13 Å². The normalized spacial score (nSPS) is 12.2. The highest BCUT2D eigenvalue weighted by molar-refractivity contribution is 7.91. The molecule has 0 bridgehead atoms. The van der Waals surface area contributed by atoms with Crippen molar-refractivity contribution in [3.05, 3.63) is 5.69 Å². The summed E-state index contributed by atoms with van der Waals surface area (Å²) in [6.45, 7) is 2.21. The molecular formula is C10H19N3O3S2. The average Bonchev–Trinajstić information content (AvgIpc) is 2.64. The number of rotatable bonds is 7. The molecule has 0 amide bonds. The van der Waals surface area contributed by atoms with Gasteiger partial charge in [-0.15, -0.1) is 0 Å². The number of aromatic nitrogens is 1. The smallest absolute Gasteiger partial charge is 0.254 e. The first-order valence-electron chi connectivity index (χ1n) is 5.69. The van der Waals surface area contributed by atoms with Crippen LogP contribution in [0.2, 0.25) is 0 Å². The number of nitrogens with two attached hydrogens (primary N) is 1. The average molecular weight is 293 g/mol. The molecule has 104 valence electrons. The number of aliphatic hydroxyl groups excluding tert-OH is 1. The summed E-state index contributed by atoms with van der Waals surface area (Å²) in [4.78, 5) is 3.93. The zero-order valence-corrected chi connectivity index (χ0v) is 12.2. The van der Waals surface area contributed by atoms with Gasteiger partial charge in [0.25, 0.3) is 10.0 Å². The molecule has 0 aliphatic heterocycles. The Labute approximate surface area is 112 Å². The van der Waals surface area contributed by atoms with Crippen LogP contribution in [0.1, 0.15) is 25.0 Å². The first kappa shape index (κ1) is 15.4. The first-order valence-corrected chi connectivity index (χ1v) is 7.95. The van der Waals surface area contributed by atoms with E-state index in [9.17, 15) is 8.42 Å². The number of hydrogen-bond acceptors (Lipinski definition) is 6. The lowest BCUT2D eigenvalue weighted by Gasteiger charge is -2.15. The van der Waals surface area contributed by atoms with Gasteiger partial charge in [0.2, 0.25) is 0 Å². The highest BCUT2D eigenvalue weighted by atomic mass is 32.2. The van der Waals surface area contributed by atoms with Crippen molar-refractivity contribution in [1.29, 1.82) is 0 Å². The molecule has 0 fully saturated rings. The largest absolute Gasteiger partial charge is 0.396 e. The van der Waals surface area contributed by atoms with Crippen molar-refractivity contribution in [2.75, 3.05) is 25.9 Å². The number of aliphatic hydroxyl groups is 1. The van der Waals surface area contributed by atoms with E-state index in [1.807, 2.05) is 0 Å². The minimum Gasteiger partial charge on any atom is -0.396 e. The van der Waals surface area contributed by atoms with Crippen molar-refractivity contribution < 1.29 is 13.5 Å². The Morgan fingerprint density at radius 3 is 2.56 bits per heavy atom. The third-order valence-electron chi connectivity index (χ3n) is 2.55. The highest BCUT2D eigenvalue weighted by Crippen LogP contribution is 2.27. The topological polar surface area (TPSA) is 96.5 Å². The Balaban J connectivity index is 2.71. The summed E-state index contributed by atoms with van der Waals surface area (Å²) in [6.07, 6.45) is 2.23. The molecule has 0 saturated carbocycles. The quantitative estimate of drug-likeness (QED) is 0.725. The van der Waals surface area contributed by atoms with Gasteiger partial charge in [0.15, 0.2) is 9.34 Å². The summed E-state index contributed by atoms with van der Waals surface area (Å²) >= 11 is 0.990. The van der Waals surface area contributed by atoms with E-state index >= 15 is 0 Å². The summed E-state index contributed by atoms with van der Waals surface area (Å²) in [5, 5.41) is 8.92. The van der Waals surface area contributed by atoms with Crippen LogP contribution in [-0.2, 0) is 10.0 Å². The maximum absolute atomic E-state index is 12.2. The minimum absolute atomic E-state index is 0.140. The summed E-state index contributed by atoms with van der Waals surface area (Å²) < 4.78 is 26.0. The van der Waals surface area contributed by atoms with Crippen molar-refractivity contribution >= 4 is 26.5 Å². The van der Waals surface area contributed by atoms with Crippen molar-refractivity contribution in [3.63, 3.8) is 0 Å². The first-order chi connectivity index (χ1) is 8.39. The Hall–Kier alpha value is -0.700. The molecule has 18 heavy (non-hydrogen) atoms. The zero-order chi connectivity index (χ0) is 13.8. The Bertz CT molecular complexity index is 485. The molecule has 1 aromatic heterocycles. The second-order valence-corrected chi connectivity index (χ2v) is 7.31. The van der Waals surface area contributed by atoms with Gasteiger partial charge in [0, 0.05) is 20.2 Å². The van der Waals surface area contributed by atoms with E-state index in [0.29, 0.717) is 18.7 Å². The number of sulfonamides is 1. The molecule has 3 N–H and O–H groups in total. The second-order valence-electron chi connectivity index (χ2n) is 4.04. The lowest BCUT2D eigenvalue weighted by Crippen LogP contribution is -2.27.